The molecule has 0 saturated carbocycles. The number of nitrogens with one attached hydrogen (secondary N) is 1. The minimum absolute atomic E-state index is 0.0331. The van der Waals surface area contributed by atoms with Gasteiger partial charge in [-0.3, -0.25) is 5.10 Å². The van der Waals surface area contributed by atoms with Crippen molar-refractivity contribution in [1.82, 2.24) is 10.2 Å². The molecule has 0 aliphatic carbocycles. The maximum absolute atomic E-state index is 5.49. The van der Waals surface area contributed by atoms with Crippen LogP contribution in [0.1, 0.15) is 0 Å². The molecule has 0 aromatic carbocycles. The Hall–Kier alpha value is -2.35. The number of aliphatic imine (C=N–C) groups is 2. The Morgan fingerprint density at radius 3 is 2.82 bits per heavy atom. The molecule has 2 heterocycles. The Labute approximate surface area is 101 Å². The third-order valence-electron chi connectivity index (χ3n) is 1.82. The van der Waals surface area contributed by atoms with E-state index in [1.54, 1.807) is 17.4 Å². The maximum atomic E-state index is 5.49. The van der Waals surface area contributed by atoms with Gasteiger partial charge in [0.25, 0.3) is 0 Å². The molecule has 0 bridgehead atoms. The fourth-order valence-electron chi connectivity index (χ4n) is 1.20. The van der Waals surface area contributed by atoms with E-state index in [0.717, 1.165) is 10.6 Å². The zero-order valence-electron chi connectivity index (χ0n) is 8.79. The third-order valence-corrected chi connectivity index (χ3v) is 2.73. The van der Waals surface area contributed by atoms with Gasteiger partial charge in [0.2, 0.25) is 5.96 Å². The van der Waals surface area contributed by atoms with Crippen molar-refractivity contribution in [3.63, 3.8) is 0 Å². The van der Waals surface area contributed by atoms with Gasteiger partial charge in [-0.25, -0.2) is 0 Å². The molecule has 2 aromatic heterocycles. The molecule has 0 aliphatic heterocycles. The predicted octanol–water partition coefficient (Wildman–Crippen LogP) is 0.358. The molecule has 8 heteroatoms. The van der Waals surface area contributed by atoms with E-state index >= 15 is 0 Å². The molecule has 0 saturated heterocycles. The SMILES string of the molecule is NC(N)=NC(N)=Nc1cc(-c2cccs2)[nH]n1. The highest BCUT2D eigenvalue weighted by molar-refractivity contribution is 7.13. The number of rotatable bonds is 2. The number of H-pyrrole nitrogens is 1. The first kappa shape index (κ1) is 11.1. The summed E-state index contributed by atoms with van der Waals surface area (Å²) >= 11 is 1.60. The van der Waals surface area contributed by atoms with E-state index in [1.807, 2.05) is 17.5 Å². The lowest BCUT2D eigenvalue weighted by Crippen LogP contribution is -2.26. The average molecular weight is 249 g/mol. The van der Waals surface area contributed by atoms with Crippen molar-refractivity contribution in [2.45, 2.75) is 0 Å². The van der Waals surface area contributed by atoms with Gasteiger partial charge >= 0.3 is 0 Å². The highest BCUT2D eigenvalue weighted by Gasteiger charge is 2.03. The molecule has 0 aliphatic rings. The first-order valence-electron chi connectivity index (χ1n) is 4.68. The summed E-state index contributed by atoms with van der Waals surface area (Å²) in [6.45, 7) is 0. The number of guanidine groups is 2. The summed E-state index contributed by atoms with van der Waals surface area (Å²) in [5.41, 5.74) is 16.7. The highest BCUT2D eigenvalue weighted by atomic mass is 32.1. The van der Waals surface area contributed by atoms with Crippen molar-refractivity contribution in [1.29, 1.82) is 0 Å². The van der Waals surface area contributed by atoms with Crippen LogP contribution in [0.15, 0.2) is 33.6 Å². The van der Waals surface area contributed by atoms with Gasteiger partial charge in [0, 0.05) is 6.07 Å². The van der Waals surface area contributed by atoms with Crippen LogP contribution in [0.3, 0.4) is 0 Å². The van der Waals surface area contributed by atoms with E-state index in [4.69, 9.17) is 17.2 Å². The maximum Gasteiger partial charge on any atom is 0.225 e. The Morgan fingerprint density at radius 1 is 1.35 bits per heavy atom. The van der Waals surface area contributed by atoms with Crippen LogP contribution in [-0.4, -0.2) is 22.1 Å². The number of thiophene rings is 1. The molecule has 0 spiro atoms. The number of hydrogen-bond donors (Lipinski definition) is 4. The van der Waals surface area contributed by atoms with Crippen LogP contribution in [0.4, 0.5) is 5.82 Å². The van der Waals surface area contributed by atoms with Gasteiger partial charge in [-0.2, -0.15) is 15.1 Å². The fourth-order valence-corrected chi connectivity index (χ4v) is 1.89. The van der Waals surface area contributed by atoms with Crippen LogP contribution in [0.2, 0.25) is 0 Å². The van der Waals surface area contributed by atoms with E-state index in [9.17, 15) is 0 Å². The second-order valence-electron chi connectivity index (χ2n) is 3.12. The zero-order chi connectivity index (χ0) is 12.3. The van der Waals surface area contributed by atoms with E-state index in [0.29, 0.717) is 5.82 Å². The second kappa shape index (κ2) is 4.66. The van der Waals surface area contributed by atoms with Gasteiger partial charge in [-0.1, -0.05) is 6.07 Å². The predicted molar refractivity (Wildman–Crippen MR) is 69.0 cm³/mol. The standard InChI is InChI=1S/C9H11N7S/c10-8(11)14-9(12)13-7-4-5(15-16-7)6-2-1-3-17-6/h1-4H,(H7,10,11,12,13,14,15,16). The van der Waals surface area contributed by atoms with Gasteiger partial charge in [0.15, 0.2) is 11.8 Å². The summed E-state index contributed by atoms with van der Waals surface area (Å²) in [4.78, 5) is 8.60. The summed E-state index contributed by atoms with van der Waals surface area (Å²) in [5, 5.41) is 8.82. The summed E-state index contributed by atoms with van der Waals surface area (Å²) in [6, 6.07) is 5.70. The monoisotopic (exact) mass is 249 g/mol. The Morgan fingerprint density at radius 2 is 2.18 bits per heavy atom. The molecule has 17 heavy (non-hydrogen) atoms. The van der Waals surface area contributed by atoms with Crippen molar-refractivity contribution in [3.8, 4) is 10.6 Å². The lowest BCUT2D eigenvalue weighted by atomic mass is 10.3. The molecule has 2 aromatic rings. The topological polar surface area (TPSA) is 131 Å². The second-order valence-corrected chi connectivity index (χ2v) is 4.07. The number of nitrogens with zero attached hydrogens (tertiary/aromatic N) is 3. The molecule has 0 atom stereocenters. The molecule has 0 unspecified atom stereocenters. The number of aromatic amines is 1. The van der Waals surface area contributed by atoms with Crippen LogP contribution in [-0.2, 0) is 0 Å². The van der Waals surface area contributed by atoms with Gasteiger partial charge in [-0.15, -0.1) is 11.3 Å². The fraction of sp³-hybridized carbons (Fsp3) is 0. The Balaban J connectivity index is 2.22. The van der Waals surface area contributed by atoms with Gasteiger partial charge in [0.1, 0.15) is 0 Å². The van der Waals surface area contributed by atoms with Gasteiger partial charge < -0.3 is 17.2 Å². The number of aromatic nitrogens is 2. The highest BCUT2D eigenvalue weighted by Crippen LogP contribution is 2.25. The summed E-state index contributed by atoms with van der Waals surface area (Å²) in [6.07, 6.45) is 0. The number of hydrogen-bond acceptors (Lipinski definition) is 3. The van der Waals surface area contributed by atoms with Gasteiger partial charge in [-0.05, 0) is 11.4 Å². The minimum Gasteiger partial charge on any atom is -0.370 e. The Kier molecular flexibility index (Phi) is 3.06. The normalized spacial score (nSPS) is 11.4. The van der Waals surface area contributed by atoms with Crippen LogP contribution in [0.5, 0.6) is 0 Å². The molecule has 2 rings (SSSR count). The van der Waals surface area contributed by atoms with Crippen molar-refractivity contribution in [2.24, 2.45) is 27.2 Å². The van der Waals surface area contributed by atoms with E-state index in [2.05, 4.69) is 20.2 Å². The largest absolute Gasteiger partial charge is 0.370 e. The minimum atomic E-state index is -0.139. The smallest absolute Gasteiger partial charge is 0.225 e. The average Bonchev–Trinajstić information content (AvgIpc) is 2.84. The van der Waals surface area contributed by atoms with E-state index in [-0.39, 0.29) is 11.9 Å². The molecule has 7 nitrogen and oxygen atoms in total. The van der Waals surface area contributed by atoms with Gasteiger partial charge in [0.05, 0.1) is 10.6 Å². The van der Waals surface area contributed by atoms with E-state index < -0.39 is 0 Å². The summed E-state index contributed by atoms with van der Waals surface area (Å²) in [7, 11) is 0. The molecule has 88 valence electrons. The van der Waals surface area contributed by atoms with Crippen molar-refractivity contribution in [2.75, 3.05) is 0 Å². The quantitative estimate of drug-likeness (QED) is 0.452. The lowest BCUT2D eigenvalue weighted by Gasteiger charge is -1.90. The Bertz CT molecular complexity index is 548. The van der Waals surface area contributed by atoms with Crippen LogP contribution >= 0.6 is 11.3 Å². The molecule has 0 fully saturated rings. The van der Waals surface area contributed by atoms with Crippen molar-refractivity contribution < 1.29 is 0 Å². The zero-order valence-corrected chi connectivity index (χ0v) is 9.61. The van der Waals surface area contributed by atoms with Crippen molar-refractivity contribution >= 4 is 29.1 Å². The first-order valence-corrected chi connectivity index (χ1v) is 5.56. The third kappa shape index (κ3) is 2.82. The summed E-state index contributed by atoms with van der Waals surface area (Å²) < 4.78 is 0. The molecule has 0 amide bonds. The molecule has 7 N–H and O–H groups in total. The first-order chi connectivity index (χ1) is 8.15. The summed E-state index contributed by atoms with van der Waals surface area (Å²) in [5.74, 6) is 0.255. The number of nitrogens with two attached hydrogens (primary N) is 3. The van der Waals surface area contributed by atoms with Crippen LogP contribution in [0.25, 0.3) is 10.6 Å². The molecular formula is C9H11N7S. The van der Waals surface area contributed by atoms with Crippen LogP contribution in [0, 0.1) is 0 Å². The van der Waals surface area contributed by atoms with Crippen molar-refractivity contribution in [3.05, 3.63) is 23.6 Å². The molecule has 0 radical (unpaired) electrons. The van der Waals surface area contributed by atoms with Crippen LogP contribution < -0.4 is 17.2 Å². The van der Waals surface area contributed by atoms with E-state index in [1.165, 1.54) is 0 Å². The lowest BCUT2D eigenvalue weighted by molar-refractivity contribution is 1.09. The molecular weight excluding hydrogens is 238 g/mol.